The summed E-state index contributed by atoms with van der Waals surface area (Å²) in [4.78, 5) is 10.5. The molecule has 0 N–H and O–H groups in total. The molecule has 1 heterocycles. The summed E-state index contributed by atoms with van der Waals surface area (Å²) >= 11 is 0. The molecule has 1 atom stereocenters. The Kier molecular flexibility index (Phi) is 2.12. The van der Waals surface area contributed by atoms with Gasteiger partial charge in [0.15, 0.2) is 6.10 Å². The van der Waals surface area contributed by atoms with Crippen molar-refractivity contribution in [2.45, 2.75) is 25.9 Å². The van der Waals surface area contributed by atoms with Crippen LogP contribution in [0.1, 0.15) is 19.8 Å². The number of ether oxygens (including phenoxy) is 3. The zero-order valence-electron chi connectivity index (χ0n) is 7.54. The van der Waals surface area contributed by atoms with Crippen molar-refractivity contribution in [2.75, 3.05) is 13.2 Å². The Hall–Kier alpha value is -1.19. The number of carbonyl (C=O) groups excluding carboxylic acids is 1. The second kappa shape index (κ2) is 3.28. The van der Waals surface area contributed by atoms with E-state index in [-0.39, 0.29) is 6.10 Å². The number of cyclic esters (lactones) is 2. The fraction of sp³-hybridized carbons (Fsp3) is 0.667. The van der Waals surface area contributed by atoms with Gasteiger partial charge < -0.3 is 14.2 Å². The first-order valence-electron chi connectivity index (χ1n) is 4.40. The molecule has 0 amide bonds. The van der Waals surface area contributed by atoms with Gasteiger partial charge in [-0.1, -0.05) is 0 Å². The third kappa shape index (κ3) is 2.14. The summed E-state index contributed by atoms with van der Waals surface area (Å²) in [5.41, 5.74) is 1.37. The smallest absolute Gasteiger partial charge is 0.494 e. The number of carbonyl (C=O) groups is 1. The lowest BCUT2D eigenvalue weighted by Crippen LogP contribution is -2.17. The van der Waals surface area contributed by atoms with E-state index in [0.717, 1.165) is 18.6 Å². The highest BCUT2D eigenvalue weighted by molar-refractivity contribution is 5.61. The Balaban J connectivity index is 1.73. The standard InChI is InChI=1S/C9H12O4/c1-6(7-2-3-7)11-4-8-5-12-9(10)13-8/h8H,2-5H2,1H3. The molecular formula is C9H12O4. The van der Waals surface area contributed by atoms with E-state index in [1.165, 1.54) is 5.57 Å². The summed E-state index contributed by atoms with van der Waals surface area (Å²) in [6, 6.07) is 0. The monoisotopic (exact) mass is 184 g/mol. The molecule has 1 unspecified atom stereocenters. The zero-order chi connectivity index (χ0) is 9.26. The zero-order valence-corrected chi connectivity index (χ0v) is 7.54. The van der Waals surface area contributed by atoms with Crippen LogP contribution in [0.2, 0.25) is 0 Å². The van der Waals surface area contributed by atoms with E-state index in [1.807, 2.05) is 6.92 Å². The molecule has 0 bridgehead atoms. The maximum atomic E-state index is 10.5. The molecule has 1 aliphatic carbocycles. The Bertz CT molecular complexity index is 250. The molecule has 0 aromatic carbocycles. The van der Waals surface area contributed by atoms with Gasteiger partial charge in [0.1, 0.15) is 13.2 Å². The highest BCUT2D eigenvalue weighted by Gasteiger charge is 2.26. The van der Waals surface area contributed by atoms with Crippen molar-refractivity contribution >= 4 is 6.16 Å². The maximum absolute atomic E-state index is 10.5. The van der Waals surface area contributed by atoms with E-state index in [2.05, 4.69) is 4.74 Å². The summed E-state index contributed by atoms with van der Waals surface area (Å²) in [7, 11) is 0. The summed E-state index contributed by atoms with van der Waals surface area (Å²) in [6.45, 7) is 2.66. The van der Waals surface area contributed by atoms with Crippen LogP contribution in [0.5, 0.6) is 0 Å². The molecule has 4 nitrogen and oxygen atoms in total. The number of hydrogen-bond donors (Lipinski definition) is 0. The Morgan fingerprint density at radius 3 is 2.92 bits per heavy atom. The minimum atomic E-state index is -0.592. The van der Waals surface area contributed by atoms with Crippen LogP contribution in [-0.2, 0) is 14.2 Å². The van der Waals surface area contributed by atoms with E-state index in [0.29, 0.717) is 13.2 Å². The van der Waals surface area contributed by atoms with Crippen molar-refractivity contribution in [1.29, 1.82) is 0 Å². The normalized spacial score (nSPS) is 25.2. The fourth-order valence-electron chi connectivity index (χ4n) is 1.18. The first-order valence-corrected chi connectivity index (χ1v) is 4.40. The van der Waals surface area contributed by atoms with Gasteiger partial charge >= 0.3 is 6.16 Å². The predicted molar refractivity (Wildman–Crippen MR) is 44.1 cm³/mol. The molecule has 4 heteroatoms. The SMILES string of the molecule is CC(OCC1COC(=O)O1)=C1CC1. The van der Waals surface area contributed by atoms with Crippen LogP contribution in [-0.4, -0.2) is 25.5 Å². The van der Waals surface area contributed by atoms with Gasteiger partial charge in [-0.25, -0.2) is 4.79 Å². The van der Waals surface area contributed by atoms with Gasteiger partial charge in [0, 0.05) is 0 Å². The summed E-state index contributed by atoms with van der Waals surface area (Å²) < 4.78 is 14.8. The molecule has 2 aliphatic rings. The molecular weight excluding hydrogens is 172 g/mol. The molecule has 1 saturated carbocycles. The van der Waals surface area contributed by atoms with Gasteiger partial charge in [0.2, 0.25) is 0 Å². The maximum Gasteiger partial charge on any atom is 0.508 e. The lowest BCUT2D eigenvalue weighted by Gasteiger charge is -2.08. The highest BCUT2D eigenvalue weighted by atomic mass is 16.8. The largest absolute Gasteiger partial charge is 0.508 e. The quantitative estimate of drug-likeness (QED) is 0.493. The van der Waals surface area contributed by atoms with Gasteiger partial charge in [-0.2, -0.15) is 0 Å². The highest BCUT2D eigenvalue weighted by Crippen LogP contribution is 2.31. The number of hydrogen-bond acceptors (Lipinski definition) is 4. The van der Waals surface area contributed by atoms with Crippen LogP contribution in [0, 0.1) is 0 Å². The van der Waals surface area contributed by atoms with Crippen LogP contribution in [0.25, 0.3) is 0 Å². The number of allylic oxidation sites excluding steroid dienone is 2. The Labute approximate surface area is 76.5 Å². The predicted octanol–water partition coefficient (Wildman–Crippen LogP) is 1.61. The van der Waals surface area contributed by atoms with E-state index >= 15 is 0 Å². The molecule has 13 heavy (non-hydrogen) atoms. The topological polar surface area (TPSA) is 44.8 Å². The van der Waals surface area contributed by atoms with E-state index in [1.54, 1.807) is 0 Å². The van der Waals surface area contributed by atoms with Gasteiger partial charge in [-0.05, 0) is 25.3 Å². The molecule has 0 aromatic rings. The van der Waals surface area contributed by atoms with Gasteiger partial charge in [-0.15, -0.1) is 0 Å². The van der Waals surface area contributed by atoms with Crippen LogP contribution in [0.3, 0.4) is 0 Å². The molecule has 2 fully saturated rings. The molecule has 2 rings (SSSR count). The minimum absolute atomic E-state index is 0.234. The molecule has 0 spiro atoms. The lowest BCUT2D eigenvalue weighted by atomic mass is 10.4. The summed E-state index contributed by atoms with van der Waals surface area (Å²) in [6.07, 6.45) is 1.46. The van der Waals surface area contributed by atoms with Crippen LogP contribution in [0.4, 0.5) is 4.79 Å². The average Bonchev–Trinajstić information content (AvgIpc) is 2.87. The van der Waals surface area contributed by atoms with Gasteiger partial charge in [0.05, 0.1) is 5.76 Å². The summed E-state index contributed by atoms with van der Waals surface area (Å²) in [5.74, 6) is 0.975. The molecule has 72 valence electrons. The van der Waals surface area contributed by atoms with Crippen molar-refractivity contribution in [1.82, 2.24) is 0 Å². The second-order valence-electron chi connectivity index (χ2n) is 3.27. The van der Waals surface area contributed by atoms with E-state index in [4.69, 9.17) is 9.47 Å². The van der Waals surface area contributed by atoms with Crippen molar-refractivity contribution in [3.63, 3.8) is 0 Å². The van der Waals surface area contributed by atoms with E-state index < -0.39 is 6.16 Å². The van der Waals surface area contributed by atoms with Gasteiger partial charge in [0.25, 0.3) is 0 Å². The van der Waals surface area contributed by atoms with Crippen molar-refractivity contribution in [3.05, 3.63) is 11.3 Å². The molecule has 1 aliphatic heterocycles. The van der Waals surface area contributed by atoms with Crippen LogP contribution < -0.4 is 0 Å². The second-order valence-corrected chi connectivity index (χ2v) is 3.27. The minimum Gasteiger partial charge on any atom is -0.494 e. The average molecular weight is 184 g/mol. The van der Waals surface area contributed by atoms with Crippen LogP contribution >= 0.6 is 0 Å². The number of rotatable bonds is 3. The lowest BCUT2D eigenvalue weighted by molar-refractivity contribution is 0.0762. The Morgan fingerprint density at radius 1 is 1.62 bits per heavy atom. The first kappa shape index (κ1) is 8.41. The van der Waals surface area contributed by atoms with Crippen molar-refractivity contribution in [2.24, 2.45) is 0 Å². The van der Waals surface area contributed by atoms with Crippen molar-refractivity contribution < 1.29 is 19.0 Å². The van der Waals surface area contributed by atoms with E-state index in [9.17, 15) is 4.79 Å². The van der Waals surface area contributed by atoms with Crippen LogP contribution in [0.15, 0.2) is 11.3 Å². The summed E-state index contributed by atoms with van der Waals surface area (Å²) in [5, 5.41) is 0. The fourth-order valence-corrected chi connectivity index (χ4v) is 1.18. The van der Waals surface area contributed by atoms with Crippen molar-refractivity contribution in [3.8, 4) is 0 Å². The molecule has 0 radical (unpaired) electrons. The Morgan fingerprint density at radius 2 is 2.38 bits per heavy atom. The molecule has 0 aromatic heterocycles. The molecule has 1 saturated heterocycles. The first-order chi connectivity index (χ1) is 6.25. The third-order valence-corrected chi connectivity index (χ3v) is 2.13. The van der Waals surface area contributed by atoms with Gasteiger partial charge in [-0.3, -0.25) is 0 Å². The third-order valence-electron chi connectivity index (χ3n) is 2.13.